The van der Waals surface area contributed by atoms with Gasteiger partial charge in [-0.15, -0.1) is 0 Å². The normalized spacial score (nSPS) is 11.2. The first kappa shape index (κ1) is 12.4. The molecule has 0 aromatic heterocycles. The summed E-state index contributed by atoms with van der Waals surface area (Å²) in [5.41, 5.74) is 0.351. The topological polar surface area (TPSA) is 29.5 Å². The summed E-state index contributed by atoms with van der Waals surface area (Å²) in [6.45, 7) is 5.70. The second-order valence-corrected chi connectivity index (χ2v) is 5.36. The number of amides is 1. The molecule has 3 nitrogen and oxygen atoms in total. The van der Waals surface area contributed by atoms with E-state index in [1.807, 2.05) is 45.0 Å². The van der Waals surface area contributed by atoms with Crippen LogP contribution in [0.1, 0.15) is 20.8 Å². The molecule has 1 aromatic carbocycles. The fourth-order valence-corrected chi connectivity index (χ4v) is 1.38. The highest BCUT2D eigenvalue weighted by atomic mass is 127. The van der Waals surface area contributed by atoms with Crippen LogP contribution in [0.3, 0.4) is 0 Å². The van der Waals surface area contributed by atoms with E-state index in [1.54, 1.807) is 0 Å². The Labute approximate surface area is 104 Å². The summed E-state index contributed by atoms with van der Waals surface area (Å²) in [7, 11) is 0. The van der Waals surface area contributed by atoms with E-state index in [1.165, 1.54) is 5.06 Å². The van der Waals surface area contributed by atoms with E-state index < -0.39 is 0 Å². The van der Waals surface area contributed by atoms with Gasteiger partial charge in [0.25, 0.3) is 0 Å². The Bertz CT molecular complexity index is 329. The molecule has 15 heavy (non-hydrogen) atoms. The molecule has 0 aliphatic rings. The van der Waals surface area contributed by atoms with Crippen molar-refractivity contribution in [3.63, 3.8) is 0 Å². The van der Waals surface area contributed by atoms with Crippen LogP contribution in [0.5, 0.6) is 0 Å². The minimum absolute atomic E-state index is 0.385. The van der Waals surface area contributed by atoms with Crippen LogP contribution in [-0.2, 0) is 9.63 Å². The molecule has 0 spiro atoms. The number of halogens is 1. The third kappa shape index (κ3) is 4.17. The highest BCUT2D eigenvalue weighted by Crippen LogP contribution is 2.19. The van der Waals surface area contributed by atoms with Crippen molar-refractivity contribution in [2.45, 2.75) is 26.4 Å². The molecule has 1 rings (SSSR count). The van der Waals surface area contributed by atoms with Crippen molar-refractivity contribution < 1.29 is 9.63 Å². The molecule has 0 radical (unpaired) electrons. The quantitative estimate of drug-likeness (QED) is 0.487. The summed E-state index contributed by atoms with van der Waals surface area (Å²) < 4.78 is 1.12. The maximum atomic E-state index is 10.9. The molecule has 0 unspecified atom stereocenters. The molecule has 0 fully saturated rings. The fraction of sp³-hybridized carbons (Fsp3) is 0.364. The number of nitrogens with zero attached hydrogens (tertiary/aromatic N) is 1. The van der Waals surface area contributed by atoms with Gasteiger partial charge in [-0.05, 0) is 67.6 Å². The first-order chi connectivity index (χ1) is 6.92. The summed E-state index contributed by atoms with van der Waals surface area (Å²) in [5.74, 6) is 0. The maximum absolute atomic E-state index is 10.9. The van der Waals surface area contributed by atoms with Gasteiger partial charge in [-0.3, -0.25) is 9.63 Å². The lowest BCUT2D eigenvalue weighted by Crippen LogP contribution is -2.32. The lowest BCUT2D eigenvalue weighted by atomic mass is 10.2. The molecule has 0 bridgehead atoms. The standard InChI is InChI=1S/C11H14INO2/c1-11(2,3)15-13(8-14)10-6-4-9(12)5-7-10/h4-8H,1-3H3. The minimum atomic E-state index is -0.385. The number of hydrogen-bond donors (Lipinski definition) is 0. The molecule has 82 valence electrons. The maximum Gasteiger partial charge on any atom is 0.238 e. The summed E-state index contributed by atoms with van der Waals surface area (Å²) in [6.07, 6.45) is 0.674. The Morgan fingerprint density at radius 3 is 2.20 bits per heavy atom. The van der Waals surface area contributed by atoms with Gasteiger partial charge in [-0.1, -0.05) is 0 Å². The van der Waals surface area contributed by atoms with Crippen LogP contribution in [0.25, 0.3) is 0 Å². The Morgan fingerprint density at radius 1 is 1.27 bits per heavy atom. The van der Waals surface area contributed by atoms with E-state index in [4.69, 9.17) is 4.84 Å². The first-order valence-corrected chi connectivity index (χ1v) is 5.69. The van der Waals surface area contributed by atoms with Gasteiger partial charge in [-0.2, -0.15) is 5.06 Å². The SMILES string of the molecule is CC(C)(C)ON(C=O)c1ccc(I)cc1. The highest BCUT2D eigenvalue weighted by molar-refractivity contribution is 14.1. The van der Waals surface area contributed by atoms with Gasteiger partial charge >= 0.3 is 0 Å². The number of rotatable bonds is 3. The lowest BCUT2D eigenvalue weighted by molar-refractivity contribution is -0.120. The zero-order chi connectivity index (χ0) is 11.5. The Balaban J connectivity index is 2.83. The smallest absolute Gasteiger partial charge is 0.238 e. The van der Waals surface area contributed by atoms with Gasteiger partial charge in [0.2, 0.25) is 6.41 Å². The van der Waals surface area contributed by atoms with Gasteiger partial charge in [-0.25, -0.2) is 0 Å². The second kappa shape index (κ2) is 4.94. The van der Waals surface area contributed by atoms with E-state index in [9.17, 15) is 4.79 Å². The van der Waals surface area contributed by atoms with Gasteiger partial charge in [0.1, 0.15) is 0 Å². The van der Waals surface area contributed by atoms with Crippen LogP contribution >= 0.6 is 22.6 Å². The van der Waals surface area contributed by atoms with Crippen molar-refractivity contribution in [3.8, 4) is 0 Å². The molecule has 0 aliphatic carbocycles. The van der Waals surface area contributed by atoms with Crippen molar-refractivity contribution in [1.82, 2.24) is 0 Å². The van der Waals surface area contributed by atoms with Crippen LogP contribution in [0.15, 0.2) is 24.3 Å². The fourth-order valence-electron chi connectivity index (χ4n) is 1.02. The van der Waals surface area contributed by atoms with Crippen molar-refractivity contribution in [1.29, 1.82) is 0 Å². The van der Waals surface area contributed by atoms with Crippen molar-refractivity contribution in [2.75, 3.05) is 5.06 Å². The zero-order valence-corrected chi connectivity index (χ0v) is 11.2. The second-order valence-electron chi connectivity index (χ2n) is 4.11. The van der Waals surface area contributed by atoms with Crippen LogP contribution in [-0.4, -0.2) is 12.0 Å². The van der Waals surface area contributed by atoms with Crippen molar-refractivity contribution in [2.24, 2.45) is 0 Å². The third-order valence-electron chi connectivity index (χ3n) is 1.55. The molecule has 0 N–H and O–H groups in total. The highest BCUT2D eigenvalue weighted by Gasteiger charge is 2.17. The van der Waals surface area contributed by atoms with Crippen LogP contribution in [0.2, 0.25) is 0 Å². The van der Waals surface area contributed by atoms with Crippen LogP contribution in [0, 0.1) is 3.57 Å². The molecule has 0 saturated carbocycles. The zero-order valence-electron chi connectivity index (χ0n) is 9.03. The molecule has 0 saturated heterocycles. The average Bonchev–Trinajstić information content (AvgIpc) is 2.14. The van der Waals surface area contributed by atoms with Crippen molar-refractivity contribution >= 4 is 34.7 Å². The van der Waals surface area contributed by atoms with Gasteiger partial charge in [0.05, 0.1) is 11.3 Å². The summed E-state index contributed by atoms with van der Waals surface area (Å²) >= 11 is 2.21. The van der Waals surface area contributed by atoms with E-state index >= 15 is 0 Å². The van der Waals surface area contributed by atoms with Crippen LogP contribution in [0.4, 0.5) is 5.69 Å². The van der Waals surface area contributed by atoms with E-state index in [-0.39, 0.29) is 5.60 Å². The van der Waals surface area contributed by atoms with Gasteiger partial charge < -0.3 is 0 Å². The molecule has 1 aromatic rings. The number of hydroxylamine groups is 1. The van der Waals surface area contributed by atoms with Gasteiger partial charge in [0.15, 0.2) is 0 Å². The molecular weight excluding hydrogens is 305 g/mol. The predicted molar refractivity (Wildman–Crippen MR) is 68.5 cm³/mol. The van der Waals surface area contributed by atoms with Gasteiger partial charge in [0, 0.05) is 3.57 Å². The molecule has 0 aliphatic heterocycles. The Morgan fingerprint density at radius 2 is 1.80 bits per heavy atom. The third-order valence-corrected chi connectivity index (χ3v) is 2.27. The summed E-state index contributed by atoms with van der Waals surface area (Å²) in [5, 5.41) is 1.25. The van der Waals surface area contributed by atoms with Crippen molar-refractivity contribution in [3.05, 3.63) is 27.8 Å². The number of hydrogen-bond acceptors (Lipinski definition) is 2. The van der Waals surface area contributed by atoms with E-state index in [2.05, 4.69) is 22.6 Å². The average molecular weight is 319 g/mol. The number of carbonyl (C=O) groups is 1. The summed E-state index contributed by atoms with van der Waals surface area (Å²) in [6, 6.07) is 7.56. The molecule has 0 heterocycles. The molecule has 1 amide bonds. The number of anilines is 1. The summed E-state index contributed by atoms with van der Waals surface area (Å²) in [4.78, 5) is 16.3. The minimum Gasteiger partial charge on any atom is -0.276 e. The largest absolute Gasteiger partial charge is 0.276 e. The monoisotopic (exact) mass is 319 g/mol. The molecular formula is C11H14INO2. The number of carbonyl (C=O) groups excluding carboxylic acids is 1. The van der Waals surface area contributed by atoms with Crippen LogP contribution < -0.4 is 5.06 Å². The predicted octanol–water partition coefficient (Wildman–Crippen LogP) is 2.98. The van der Waals surface area contributed by atoms with E-state index in [0.717, 1.165) is 9.26 Å². The Hall–Kier alpha value is -0.620. The first-order valence-electron chi connectivity index (χ1n) is 4.61. The van der Waals surface area contributed by atoms with E-state index in [0.29, 0.717) is 6.41 Å². The molecule has 4 heteroatoms. The number of benzene rings is 1. The molecule has 0 atom stereocenters. The lowest BCUT2D eigenvalue weighted by Gasteiger charge is -2.26. The Kier molecular flexibility index (Phi) is 4.10.